The maximum absolute atomic E-state index is 5.84. The first-order valence-corrected chi connectivity index (χ1v) is 6.99. The van der Waals surface area contributed by atoms with Gasteiger partial charge in [0.05, 0.1) is 11.7 Å². The van der Waals surface area contributed by atoms with Crippen molar-refractivity contribution in [1.82, 2.24) is 4.98 Å². The normalized spacial score (nSPS) is 12.2. The Morgan fingerprint density at radius 3 is 2.63 bits per heavy atom. The molecule has 0 aliphatic heterocycles. The van der Waals surface area contributed by atoms with E-state index in [1.165, 1.54) is 5.56 Å². The Morgan fingerprint density at radius 1 is 1.26 bits per heavy atom. The van der Waals surface area contributed by atoms with Gasteiger partial charge >= 0.3 is 0 Å². The molecule has 1 aromatic carbocycles. The Kier molecular flexibility index (Phi) is 4.10. The number of nitrogens with zero attached hydrogens (tertiary/aromatic N) is 2. The van der Waals surface area contributed by atoms with Gasteiger partial charge in [-0.2, -0.15) is 0 Å². The van der Waals surface area contributed by atoms with E-state index < -0.39 is 0 Å². The SMILES string of the molecule is Cc1nc(N(C)C(C)c2cccc(N)c2)ccc1Br. The quantitative estimate of drug-likeness (QED) is 0.871. The van der Waals surface area contributed by atoms with E-state index in [9.17, 15) is 0 Å². The molecule has 0 saturated carbocycles. The van der Waals surface area contributed by atoms with Crippen LogP contribution in [0.4, 0.5) is 11.5 Å². The van der Waals surface area contributed by atoms with Crippen LogP contribution in [0.25, 0.3) is 0 Å². The Bertz CT molecular complexity index is 583. The fourth-order valence-corrected chi connectivity index (χ4v) is 2.19. The molecule has 1 atom stereocenters. The third-order valence-electron chi connectivity index (χ3n) is 3.34. The van der Waals surface area contributed by atoms with E-state index in [2.05, 4.69) is 38.8 Å². The maximum Gasteiger partial charge on any atom is 0.129 e. The number of hydrogen-bond donors (Lipinski definition) is 1. The van der Waals surface area contributed by atoms with Crippen molar-refractivity contribution in [3.05, 3.63) is 52.1 Å². The van der Waals surface area contributed by atoms with Gasteiger partial charge in [-0.15, -0.1) is 0 Å². The molecule has 0 saturated heterocycles. The number of benzene rings is 1. The molecule has 0 amide bonds. The first-order chi connectivity index (χ1) is 8.99. The summed E-state index contributed by atoms with van der Waals surface area (Å²) in [6.07, 6.45) is 0. The lowest BCUT2D eigenvalue weighted by Gasteiger charge is -2.27. The predicted molar refractivity (Wildman–Crippen MR) is 84.3 cm³/mol. The van der Waals surface area contributed by atoms with Crippen molar-refractivity contribution in [1.29, 1.82) is 0 Å². The molecule has 0 spiro atoms. The van der Waals surface area contributed by atoms with Gasteiger partial charge in [-0.25, -0.2) is 4.98 Å². The monoisotopic (exact) mass is 319 g/mol. The summed E-state index contributed by atoms with van der Waals surface area (Å²) < 4.78 is 1.03. The highest BCUT2D eigenvalue weighted by molar-refractivity contribution is 9.10. The molecule has 2 N–H and O–H groups in total. The summed E-state index contributed by atoms with van der Waals surface area (Å²) >= 11 is 3.47. The minimum Gasteiger partial charge on any atom is -0.399 e. The van der Waals surface area contributed by atoms with Crippen molar-refractivity contribution < 1.29 is 0 Å². The molecule has 1 heterocycles. The van der Waals surface area contributed by atoms with Gasteiger partial charge in [-0.3, -0.25) is 0 Å². The van der Waals surface area contributed by atoms with E-state index in [4.69, 9.17) is 5.73 Å². The number of pyridine rings is 1. The van der Waals surface area contributed by atoms with E-state index in [-0.39, 0.29) is 6.04 Å². The molecule has 1 aromatic heterocycles. The predicted octanol–water partition coefficient (Wildman–Crippen LogP) is 3.93. The fraction of sp³-hybridized carbons (Fsp3) is 0.267. The maximum atomic E-state index is 5.84. The molecule has 0 radical (unpaired) electrons. The molecule has 19 heavy (non-hydrogen) atoms. The zero-order valence-corrected chi connectivity index (χ0v) is 13.0. The van der Waals surface area contributed by atoms with Gasteiger partial charge in [-0.1, -0.05) is 12.1 Å². The summed E-state index contributed by atoms with van der Waals surface area (Å²) in [6, 6.07) is 12.2. The van der Waals surface area contributed by atoms with Crippen molar-refractivity contribution in [2.24, 2.45) is 0 Å². The smallest absolute Gasteiger partial charge is 0.129 e. The zero-order valence-electron chi connectivity index (χ0n) is 11.4. The number of rotatable bonds is 3. The van der Waals surface area contributed by atoms with Crippen molar-refractivity contribution in [2.45, 2.75) is 19.9 Å². The summed E-state index contributed by atoms with van der Waals surface area (Å²) in [5.41, 5.74) is 8.80. The van der Waals surface area contributed by atoms with Gasteiger partial charge in [0.25, 0.3) is 0 Å². The van der Waals surface area contributed by atoms with E-state index in [1.54, 1.807) is 0 Å². The molecule has 100 valence electrons. The lowest BCUT2D eigenvalue weighted by Crippen LogP contribution is -2.22. The topological polar surface area (TPSA) is 42.2 Å². The van der Waals surface area contributed by atoms with Crippen LogP contribution >= 0.6 is 15.9 Å². The Balaban J connectivity index is 2.27. The average Bonchev–Trinajstić information content (AvgIpc) is 2.40. The molecule has 0 bridgehead atoms. The summed E-state index contributed by atoms with van der Waals surface area (Å²) in [5, 5.41) is 0. The van der Waals surface area contributed by atoms with Crippen LogP contribution in [-0.2, 0) is 0 Å². The summed E-state index contributed by atoms with van der Waals surface area (Å²) in [6.45, 7) is 4.14. The molecule has 3 nitrogen and oxygen atoms in total. The minimum absolute atomic E-state index is 0.219. The second kappa shape index (κ2) is 5.61. The zero-order chi connectivity index (χ0) is 14.0. The van der Waals surface area contributed by atoms with Crippen molar-refractivity contribution in [3.63, 3.8) is 0 Å². The van der Waals surface area contributed by atoms with Crippen molar-refractivity contribution in [2.75, 3.05) is 17.7 Å². The van der Waals surface area contributed by atoms with Crippen LogP contribution < -0.4 is 10.6 Å². The highest BCUT2D eigenvalue weighted by Crippen LogP contribution is 2.26. The summed E-state index contributed by atoms with van der Waals surface area (Å²) in [5.74, 6) is 0.954. The molecule has 2 rings (SSSR count). The summed E-state index contributed by atoms with van der Waals surface area (Å²) in [7, 11) is 2.05. The van der Waals surface area contributed by atoms with Gasteiger partial charge in [0.15, 0.2) is 0 Å². The number of aromatic nitrogens is 1. The molecular formula is C15H18BrN3. The van der Waals surface area contributed by atoms with Gasteiger partial charge in [-0.05, 0) is 59.6 Å². The Morgan fingerprint density at radius 2 is 2.00 bits per heavy atom. The largest absolute Gasteiger partial charge is 0.399 e. The number of hydrogen-bond acceptors (Lipinski definition) is 3. The lowest BCUT2D eigenvalue weighted by molar-refractivity contribution is 0.727. The second-order valence-electron chi connectivity index (χ2n) is 4.69. The highest BCUT2D eigenvalue weighted by Gasteiger charge is 2.14. The first-order valence-electron chi connectivity index (χ1n) is 6.20. The van der Waals surface area contributed by atoms with Crippen LogP contribution in [0, 0.1) is 6.92 Å². The minimum atomic E-state index is 0.219. The van der Waals surface area contributed by atoms with Gasteiger partial charge in [0.2, 0.25) is 0 Å². The number of anilines is 2. The fourth-order valence-electron chi connectivity index (χ4n) is 1.97. The Labute approximate surface area is 122 Å². The van der Waals surface area contributed by atoms with Crippen molar-refractivity contribution >= 4 is 27.4 Å². The molecule has 0 aliphatic rings. The van der Waals surface area contributed by atoms with Crippen LogP contribution in [0.1, 0.15) is 24.2 Å². The first kappa shape index (κ1) is 13.9. The van der Waals surface area contributed by atoms with Crippen molar-refractivity contribution in [3.8, 4) is 0 Å². The molecule has 2 aromatic rings. The number of nitrogen functional groups attached to an aromatic ring is 1. The van der Waals surface area contributed by atoms with Crippen LogP contribution in [-0.4, -0.2) is 12.0 Å². The van der Waals surface area contributed by atoms with Crippen LogP contribution in [0.15, 0.2) is 40.9 Å². The standard InChI is InChI=1S/C15H18BrN3/c1-10-14(16)7-8-15(18-10)19(3)11(2)12-5-4-6-13(17)9-12/h4-9,11H,17H2,1-3H3. The summed E-state index contributed by atoms with van der Waals surface area (Å²) in [4.78, 5) is 6.74. The van der Waals surface area contributed by atoms with Crippen LogP contribution in [0.2, 0.25) is 0 Å². The third-order valence-corrected chi connectivity index (χ3v) is 4.18. The number of aryl methyl sites for hydroxylation is 1. The highest BCUT2D eigenvalue weighted by atomic mass is 79.9. The third kappa shape index (κ3) is 3.07. The van der Waals surface area contributed by atoms with Crippen LogP contribution in [0.3, 0.4) is 0 Å². The lowest BCUT2D eigenvalue weighted by atomic mass is 10.1. The van der Waals surface area contributed by atoms with Crippen LogP contribution in [0.5, 0.6) is 0 Å². The average molecular weight is 320 g/mol. The molecular weight excluding hydrogens is 302 g/mol. The van der Waals surface area contributed by atoms with E-state index in [0.29, 0.717) is 0 Å². The van der Waals surface area contributed by atoms with E-state index in [1.807, 2.05) is 44.3 Å². The number of halogens is 1. The van der Waals surface area contributed by atoms with Gasteiger partial charge < -0.3 is 10.6 Å². The second-order valence-corrected chi connectivity index (χ2v) is 5.55. The molecule has 0 aliphatic carbocycles. The van der Waals surface area contributed by atoms with Gasteiger partial charge in [0.1, 0.15) is 5.82 Å². The van der Waals surface area contributed by atoms with E-state index in [0.717, 1.165) is 21.7 Å². The number of nitrogens with two attached hydrogens (primary N) is 1. The molecule has 4 heteroatoms. The Hall–Kier alpha value is -1.55. The molecule has 0 fully saturated rings. The molecule has 1 unspecified atom stereocenters. The van der Waals surface area contributed by atoms with E-state index >= 15 is 0 Å². The van der Waals surface area contributed by atoms with Gasteiger partial charge in [0, 0.05) is 17.2 Å².